The molecular weight excluding hydrogens is 252 g/mol. The molecule has 1 fully saturated rings. The van der Waals surface area contributed by atoms with E-state index < -0.39 is 0 Å². The first-order valence-electron chi connectivity index (χ1n) is 7.79. The zero-order valence-corrected chi connectivity index (χ0v) is 13.0. The quantitative estimate of drug-likeness (QED) is 0.833. The second kappa shape index (κ2) is 7.81. The van der Waals surface area contributed by atoms with Crippen LogP contribution >= 0.6 is 0 Å². The highest BCUT2D eigenvalue weighted by Crippen LogP contribution is 2.14. The lowest BCUT2D eigenvalue weighted by molar-refractivity contribution is -0.0342. The summed E-state index contributed by atoms with van der Waals surface area (Å²) in [5.74, 6) is 2.76. The number of hydrogen-bond donors (Lipinski definition) is 1. The number of morpholine rings is 1. The van der Waals surface area contributed by atoms with Gasteiger partial charge in [0.1, 0.15) is 11.5 Å². The van der Waals surface area contributed by atoms with Crippen LogP contribution in [0.3, 0.4) is 0 Å². The first-order valence-corrected chi connectivity index (χ1v) is 7.79. The van der Waals surface area contributed by atoms with Gasteiger partial charge < -0.3 is 14.5 Å². The fourth-order valence-corrected chi connectivity index (χ4v) is 2.48. The summed E-state index contributed by atoms with van der Waals surface area (Å²) in [6, 6.07) is 4.18. The van der Waals surface area contributed by atoms with Gasteiger partial charge in [-0.25, -0.2) is 0 Å². The van der Waals surface area contributed by atoms with Gasteiger partial charge in [-0.05, 0) is 31.0 Å². The Morgan fingerprint density at radius 2 is 2.15 bits per heavy atom. The van der Waals surface area contributed by atoms with Gasteiger partial charge in [0.2, 0.25) is 0 Å². The van der Waals surface area contributed by atoms with Gasteiger partial charge in [0.05, 0.1) is 25.8 Å². The van der Waals surface area contributed by atoms with E-state index in [9.17, 15) is 0 Å². The van der Waals surface area contributed by atoms with Gasteiger partial charge >= 0.3 is 0 Å². The normalized spacial score (nSPS) is 20.7. The topological polar surface area (TPSA) is 37.6 Å². The highest BCUT2D eigenvalue weighted by molar-refractivity contribution is 5.07. The van der Waals surface area contributed by atoms with Crippen molar-refractivity contribution in [3.8, 4) is 0 Å². The summed E-state index contributed by atoms with van der Waals surface area (Å²) >= 11 is 0. The molecule has 1 aromatic heterocycles. The summed E-state index contributed by atoms with van der Waals surface area (Å²) in [4.78, 5) is 2.42. The zero-order chi connectivity index (χ0) is 14.4. The van der Waals surface area contributed by atoms with Crippen LogP contribution in [0.1, 0.15) is 38.7 Å². The van der Waals surface area contributed by atoms with Crippen LogP contribution in [0.5, 0.6) is 0 Å². The standard InChI is InChI=1S/C16H28N2O2/c1-4-14-11-18(7-8-19-14)12-16-6-5-15(20-16)10-17-9-13(2)3/h5-6,13-14,17H,4,7-12H2,1-3H3. The van der Waals surface area contributed by atoms with Crippen molar-refractivity contribution in [3.63, 3.8) is 0 Å². The van der Waals surface area contributed by atoms with Crippen molar-refractivity contribution in [2.24, 2.45) is 5.92 Å². The van der Waals surface area contributed by atoms with Crippen LogP contribution in [0, 0.1) is 5.92 Å². The van der Waals surface area contributed by atoms with Crippen LogP contribution < -0.4 is 5.32 Å². The Kier molecular flexibility index (Phi) is 6.07. The predicted molar refractivity (Wildman–Crippen MR) is 80.6 cm³/mol. The summed E-state index contributed by atoms with van der Waals surface area (Å²) in [5.41, 5.74) is 0. The van der Waals surface area contributed by atoms with Crippen molar-refractivity contribution in [2.75, 3.05) is 26.2 Å². The Hall–Kier alpha value is -0.840. The summed E-state index contributed by atoms with van der Waals surface area (Å²) < 4.78 is 11.6. The minimum atomic E-state index is 0.380. The van der Waals surface area contributed by atoms with Gasteiger partial charge in [-0.3, -0.25) is 4.90 Å². The molecule has 4 heteroatoms. The summed E-state index contributed by atoms with van der Waals surface area (Å²) in [6.45, 7) is 12.2. The second-order valence-electron chi connectivity index (χ2n) is 6.03. The Morgan fingerprint density at radius 1 is 1.35 bits per heavy atom. The predicted octanol–water partition coefficient (Wildman–Crippen LogP) is 2.64. The molecular formula is C16H28N2O2. The van der Waals surface area contributed by atoms with Crippen molar-refractivity contribution < 1.29 is 9.15 Å². The van der Waals surface area contributed by atoms with E-state index in [-0.39, 0.29) is 0 Å². The van der Waals surface area contributed by atoms with E-state index in [1.54, 1.807) is 0 Å². The summed E-state index contributed by atoms with van der Waals surface area (Å²) in [7, 11) is 0. The highest BCUT2D eigenvalue weighted by Gasteiger charge is 2.19. The average Bonchev–Trinajstić information content (AvgIpc) is 2.86. The molecule has 4 nitrogen and oxygen atoms in total. The maximum atomic E-state index is 5.89. The Balaban J connectivity index is 1.77. The molecule has 0 aromatic carbocycles. The Bertz CT molecular complexity index is 390. The molecule has 2 heterocycles. The summed E-state index contributed by atoms with van der Waals surface area (Å²) in [6.07, 6.45) is 1.46. The number of rotatable bonds is 7. The number of nitrogens with zero attached hydrogens (tertiary/aromatic N) is 1. The molecule has 1 aromatic rings. The Labute approximate surface area is 122 Å². The molecule has 0 spiro atoms. The molecule has 1 N–H and O–H groups in total. The van der Waals surface area contributed by atoms with E-state index in [0.717, 1.165) is 57.3 Å². The third-order valence-corrected chi connectivity index (χ3v) is 3.63. The molecule has 1 aliphatic rings. The second-order valence-corrected chi connectivity index (χ2v) is 6.03. The van der Waals surface area contributed by atoms with Crippen LogP contribution in [0.25, 0.3) is 0 Å². The van der Waals surface area contributed by atoms with Gasteiger partial charge in [0, 0.05) is 13.1 Å². The van der Waals surface area contributed by atoms with Crippen LogP contribution in [-0.4, -0.2) is 37.2 Å². The van der Waals surface area contributed by atoms with E-state index >= 15 is 0 Å². The molecule has 1 saturated heterocycles. The van der Waals surface area contributed by atoms with E-state index in [4.69, 9.17) is 9.15 Å². The largest absolute Gasteiger partial charge is 0.463 e. The highest BCUT2D eigenvalue weighted by atomic mass is 16.5. The van der Waals surface area contributed by atoms with Crippen LogP contribution in [0.15, 0.2) is 16.5 Å². The van der Waals surface area contributed by atoms with E-state index in [1.807, 2.05) is 0 Å². The van der Waals surface area contributed by atoms with Gasteiger partial charge in [-0.2, -0.15) is 0 Å². The molecule has 1 aliphatic heterocycles. The average molecular weight is 280 g/mol. The third kappa shape index (κ3) is 4.93. The molecule has 1 atom stereocenters. The molecule has 0 radical (unpaired) electrons. The molecule has 1 unspecified atom stereocenters. The van der Waals surface area contributed by atoms with Crippen molar-refractivity contribution >= 4 is 0 Å². The number of ether oxygens (including phenoxy) is 1. The molecule has 0 bridgehead atoms. The lowest BCUT2D eigenvalue weighted by Gasteiger charge is -2.31. The van der Waals surface area contributed by atoms with E-state index in [1.165, 1.54) is 0 Å². The maximum absolute atomic E-state index is 5.89. The molecule has 0 saturated carbocycles. The van der Waals surface area contributed by atoms with Gasteiger partial charge in [0.25, 0.3) is 0 Å². The SMILES string of the molecule is CCC1CN(Cc2ccc(CNCC(C)C)o2)CCO1. The summed E-state index contributed by atoms with van der Waals surface area (Å²) in [5, 5.41) is 3.41. The monoisotopic (exact) mass is 280 g/mol. The van der Waals surface area contributed by atoms with Crippen LogP contribution in [-0.2, 0) is 17.8 Å². The first-order chi connectivity index (χ1) is 9.67. The van der Waals surface area contributed by atoms with Crippen molar-refractivity contribution in [2.45, 2.75) is 46.4 Å². The minimum Gasteiger partial charge on any atom is -0.463 e. The van der Waals surface area contributed by atoms with Crippen LogP contribution in [0.2, 0.25) is 0 Å². The first kappa shape index (κ1) is 15.5. The molecule has 2 rings (SSSR count). The lowest BCUT2D eigenvalue weighted by Crippen LogP contribution is -2.41. The van der Waals surface area contributed by atoms with E-state index in [2.05, 4.69) is 43.1 Å². The van der Waals surface area contributed by atoms with Gasteiger partial charge in [-0.15, -0.1) is 0 Å². The van der Waals surface area contributed by atoms with Crippen LogP contribution in [0.4, 0.5) is 0 Å². The third-order valence-electron chi connectivity index (χ3n) is 3.63. The minimum absolute atomic E-state index is 0.380. The zero-order valence-electron chi connectivity index (χ0n) is 13.0. The van der Waals surface area contributed by atoms with Crippen molar-refractivity contribution in [3.05, 3.63) is 23.7 Å². The molecule has 0 amide bonds. The molecule has 114 valence electrons. The number of furan rings is 1. The van der Waals surface area contributed by atoms with E-state index in [0.29, 0.717) is 12.0 Å². The fourth-order valence-electron chi connectivity index (χ4n) is 2.48. The van der Waals surface area contributed by atoms with Crippen molar-refractivity contribution in [1.29, 1.82) is 0 Å². The van der Waals surface area contributed by atoms with Crippen molar-refractivity contribution in [1.82, 2.24) is 10.2 Å². The van der Waals surface area contributed by atoms with Gasteiger partial charge in [-0.1, -0.05) is 20.8 Å². The number of hydrogen-bond acceptors (Lipinski definition) is 4. The number of nitrogens with one attached hydrogen (secondary N) is 1. The molecule has 0 aliphatic carbocycles. The lowest BCUT2D eigenvalue weighted by atomic mass is 10.2. The smallest absolute Gasteiger partial charge is 0.118 e. The molecule has 20 heavy (non-hydrogen) atoms. The fraction of sp³-hybridized carbons (Fsp3) is 0.750. The Morgan fingerprint density at radius 3 is 2.90 bits per heavy atom. The maximum Gasteiger partial charge on any atom is 0.118 e. The van der Waals surface area contributed by atoms with Gasteiger partial charge in [0.15, 0.2) is 0 Å².